The van der Waals surface area contributed by atoms with E-state index in [-0.39, 0.29) is 0 Å². The minimum atomic E-state index is 0.500. The van der Waals surface area contributed by atoms with E-state index in [1.807, 2.05) is 18.2 Å². The number of aromatic nitrogens is 1. The van der Waals surface area contributed by atoms with Crippen molar-refractivity contribution in [2.45, 2.75) is 0 Å². The second kappa shape index (κ2) is 3.79. The quantitative estimate of drug-likeness (QED) is 0.725. The molecular formula is C11H10ClN3. The van der Waals surface area contributed by atoms with Crippen molar-refractivity contribution < 1.29 is 0 Å². The molecule has 2 rings (SSSR count). The van der Waals surface area contributed by atoms with Crippen molar-refractivity contribution in [2.24, 2.45) is 0 Å². The standard InChI is InChI=1S/C11H10ClN3/c12-9-5-7(1-3-10(9)13)8-2-4-11(14)15-6-8/h1-6H,13H2,(H2,14,15). The zero-order valence-electron chi connectivity index (χ0n) is 7.94. The van der Waals surface area contributed by atoms with Crippen molar-refractivity contribution in [1.82, 2.24) is 4.98 Å². The van der Waals surface area contributed by atoms with Crippen LogP contribution in [0.5, 0.6) is 0 Å². The Labute approximate surface area is 92.7 Å². The first-order valence-corrected chi connectivity index (χ1v) is 4.81. The van der Waals surface area contributed by atoms with Crippen molar-refractivity contribution in [3.63, 3.8) is 0 Å². The van der Waals surface area contributed by atoms with Gasteiger partial charge in [0.25, 0.3) is 0 Å². The second-order valence-corrected chi connectivity index (χ2v) is 3.62. The molecule has 0 radical (unpaired) electrons. The van der Waals surface area contributed by atoms with Crippen LogP contribution in [0.2, 0.25) is 5.02 Å². The summed E-state index contributed by atoms with van der Waals surface area (Å²) in [6.07, 6.45) is 1.71. The summed E-state index contributed by atoms with van der Waals surface area (Å²) in [7, 11) is 0. The van der Waals surface area contributed by atoms with E-state index in [4.69, 9.17) is 23.1 Å². The Morgan fingerprint density at radius 2 is 1.73 bits per heavy atom. The molecule has 0 unspecified atom stereocenters. The van der Waals surface area contributed by atoms with Gasteiger partial charge in [-0.15, -0.1) is 0 Å². The summed E-state index contributed by atoms with van der Waals surface area (Å²) >= 11 is 5.92. The Morgan fingerprint density at radius 1 is 1.00 bits per heavy atom. The van der Waals surface area contributed by atoms with E-state index >= 15 is 0 Å². The lowest BCUT2D eigenvalue weighted by Crippen LogP contribution is -1.90. The minimum absolute atomic E-state index is 0.500. The van der Waals surface area contributed by atoms with Crippen LogP contribution in [0.3, 0.4) is 0 Å². The third-order valence-electron chi connectivity index (χ3n) is 2.12. The average molecular weight is 220 g/mol. The molecule has 76 valence electrons. The maximum absolute atomic E-state index is 5.92. The van der Waals surface area contributed by atoms with Gasteiger partial charge in [-0.05, 0) is 29.8 Å². The van der Waals surface area contributed by atoms with E-state index in [1.54, 1.807) is 18.3 Å². The predicted octanol–water partition coefficient (Wildman–Crippen LogP) is 2.57. The van der Waals surface area contributed by atoms with E-state index < -0.39 is 0 Å². The van der Waals surface area contributed by atoms with Crippen molar-refractivity contribution in [1.29, 1.82) is 0 Å². The fourth-order valence-corrected chi connectivity index (χ4v) is 1.46. The Bertz CT molecular complexity index is 480. The Balaban J connectivity index is 2.45. The van der Waals surface area contributed by atoms with Gasteiger partial charge in [0.2, 0.25) is 0 Å². The maximum Gasteiger partial charge on any atom is 0.123 e. The lowest BCUT2D eigenvalue weighted by Gasteiger charge is -2.03. The van der Waals surface area contributed by atoms with Gasteiger partial charge in [-0.2, -0.15) is 0 Å². The zero-order chi connectivity index (χ0) is 10.8. The lowest BCUT2D eigenvalue weighted by molar-refractivity contribution is 1.34. The predicted molar refractivity (Wildman–Crippen MR) is 63.5 cm³/mol. The van der Waals surface area contributed by atoms with Crippen LogP contribution < -0.4 is 11.5 Å². The summed E-state index contributed by atoms with van der Waals surface area (Å²) in [5.41, 5.74) is 13.6. The summed E-state index contributed by atoms with van der Waals surface area (Å²) in [6.45, 7) is 0. The van der Waals surface area contributed by atoms with E-state index in [9.17, 15) is 0 Å². The zero-order valence-corrected chi connectivity index (χ0v) is 8.70. The van der Waals surface area contributed by atoms with Crippen LogP contribution in [-0.2, 0) is 0 Å². The van der Waals surface area contributed by atoms with Crippen LogP contribution >= 0.6 is 11.6 Å². The van der Waals surface area contributed by atoms with E-state index in [0.717, 1.165) is 11.1 Å². The molecule has 1 aromatic carbocycles. The highest BCUT2D eigenvalue weighted by Gasteiger charge is 2.01. The van der Waals surface area contributed by atoms with Gasteiger partial charge in [0.1, 0.15) is 5.82 Å². The molecule has 0 atom stereocenters. The van der Waals surface area contributed by atoms with Crippen molar-refractivity contribution in [3.8, 4) is 11.1 Å². The molecule has 4 heteroatoms. The molecule has 0 aliphatic carbocycles. The molecule has 0 fully saturated rings. The maximum atomic E-state index is 5.92. The molecule has 4 N–H and O–H groups in total. The largest absolute Gasteiger partial charge is 0.398 e. The first-order valence-electron chi connectivity index (χ1n) is 4.44. The first-order chi connectivity index (χ1) is 7.16. The smallest absolute Gasteiger partial charge is 0.123 e. The van der Waals surface area contributed by atoms with Gasteiger partial charge in [0.05, 0.1) is 10.7 Å². The number of halogens is 1. The Kier molecular flexibility index (Phi) is 2.47. The lowest BCUT2D eigenvalue weighted by atomic mass is 10.1. The molecular weight excluding hydrogens is 210 g/mol. The van der Waals surface area contributed by atoms with Crippen LogP contribution in [0.4, 0.5) is 11.5 Å². The number of hydrogen-bond donors (Lipinski definition) is 2. The monoisotopic (exact) mass is 219 g/mol. The van der Waals surface area contributed by atoms with Gasteiger partial charge in [-0.1, -0.05) is 17.7 Å². The van der Waals surface area contributed by atoms with Gasteiger partial charge in [0, 0.05) is 11.8 Å². The van der Waals surface area contributed by atoms with Crippen LogP contribution in [0.15, 0.2) is 36.5 Å². The molecule has 2 aromatic rings. The van der Waals surface area contributed by atoms with Crippen LogP contribution in [0.25, 0.3) is 11.1 Å². The topological polar surface area (TPSA) is 64.9 Å². The van der Waals surface area contributed by atoms with Crippen LogP contribution in [-0.4, -0.2) is 4.98 Å². The number of nitrogens with zero attached hydrogens (tertiary/aromatic N) is 1. The number of nitrogen functional groups attached to an aromatic ring is 2. The summed E-state index contributed by atoms with van der Waals surface area (Å²) < 4.78 is 0. The summed E-state index contributed by atoms with van der Waals surface area (Å²) in [4.78, 5) is 4.01. The second-order valence-electron chi connectivity index (χ2n) is 3.21. The average Bonchev–Trinajstić information content (AvgIpc) is 2.23. The molecule has 0 amide bonds. The molecule has 0 spiro atoms. The fraction of sp³-hybridized carbons (Fsp3) is 0. The molecule has 0 aliphatic rings. The SMILES string of the molecule is Nc1ccc(-c2ccc(N)c(Cl)c2)cn1. The molecule has 1 heterocycles. The highest BCUT2D eigenvalue weighted by Crippen LogP contribution is 2.26. The van der Waals surface area contributed by atoms with Crippen molar-refractivity contribution >= 4 is 23.1 Å². The van der Waals surface area contributed by atoms with Crippen molar-refractivity contribution in [3.05, 3.63) is 41.6 Å². The Hall–Kier alpha value is -1.74. The van der Waals surface area contributed by atoms with E-state index in [2.05, 4.69) is 4.98 Å². The van der Waals surface area contributed by atoms with Gasteiger partial charge in [-0.25, -0.2) is 4.98 Å². The van der Waals surface area contributed by atoms with Gasteiger partial charge < -0.3 is 11.5 Å². The van der Waals surface area contributed by atoms with Gasteiger partial charge in [0.15, 0.2) is 0 Å². The number of rotatable bonds is 1. The van der Waals surface area contributed by atoms with Gasteiger partial charge in [-0.3, -0.25) is 0 Å². The molecule has 1 aromatic heterocycles. The number of pyridine rings is 1. The van der Waals surface area contributed by atoms with Crippen molar-refractivity contribution in [2.75, 3.05) is 11.5 Å². The van der Waals surface area contributed by atoms with Crippen LogP contribution in [0, 0.1) is 0 Å². The first kappa shape index (κ1) is 9.80. The number of nitrogens with two attached hydrogens (primary N) is 2. The minimum Gasteiger partial charge on any atom is -0.398 e. The summed E-state index contributed by atoms with van der Waals surface area (Å²) in [6, 6.07) is 9.12. The summed E-state index contributed by atoms with van der Waals surface area (Å²) in [5.74, 6) is 0.500. The highest BCUT2D eigenvalue weighted by atomic mass is 35.5. The number of hydrogen-bond acceptors (Lipinski definition) is 3. The molecule has 0 aliphatic heterocycles. The number of anilines is 2. The highest BCUT2D eigenvalue weighted by molar-refractivity contribution is 6.33. The van der Waals surface area contributed by atoms with E-state index in [0.29, 0.717) is 16.5 Å². The Morgan fingerprint density at radius 3 is 2.33 bits per heavy atom. The van der Waals surface area contributed by atoms with Crippen LogP contribution in [0.1, 0.15) is 0 Å². The molecule has 0 saturated carbocycles. The number of benzene rings is 1. The molecule has 15 heavy (non-hydrogen) atoms. The molecule has 0 bridgehead atoms. The molecule has 0 saturated heterocycles. The summed E-state index contributed by atoms with van der Waals surface area (Å²) in [5, 5.41) is 0.546. The molecule has 3 nitrogen and oxygen atoms in total. The fourth-order valence-electron chi connectivity index (χ4n) is 1.28. The van der Waals surface area contributed by atoms with E-state index in [1.165, 1.54) is 0 Å². The normalized spacial score (nSPS) is 10.2. The third kappa shape index (κ3) is 2.02. The third-order valence-corrected chi connectivity index (χ3v) is 2.45. The van der Waals surface area contributed by atoms with Gasteiger partial charge >= 0.3 is 0 Å².